The number of rotatable bonds is 4. The van der Waals surface area contributed by atoms with Crippen LogP contribution in [-0.4, -0.2) is 19.9 Å². The van der Waals surface area contributed by atoms with E-state index in [-0.39, 0.29) is 0 Å². The van der Waals surface area contributed by atoms with Gasteiger partial charge in [-0.1, -0.05) is 64.1 Å². The molecule has 0 spiro atoms. The summed E-state index contributed by atoms with van der Waals surface area (Å²) in [5.41, 5.74) is 12.9. The molecule has 0 fully saturated rings. The van der Waals surface area contributed by atoms with Gasteiger partial charge in [-0.05, 0) is 54.4 Å². The number of aromatic amines is 2. The lowest BCUT2D eigenvalue weighted by molar-refractivity contribution is 0.687. The number of benzene rings is 2. The second-order valence-electron chi connectivity index (χ2n) is 10.1. The molecule has 2 aromatic carbocycles. The van der Waals surface area contributed by atoms with Crippen molar-refractivity contribution in [2.24, 2.45) is 0 Å². The van der Waals surface area contributed by atoms with Gasteiger partial charge in [0.05, 0.1) is 11.4 Å². The van der Waals surface area contributed by atoms with Crippen LogP contribution in [0.1, 0.15) is 80.1 Å². The standard InChI is InChI=1S/C29H32N4/c1-5-17(4)29-31-25-13-9-21-15-19(7-11-23(21)27(25)33-29)18-6-10-22-20(14-18)8-12-24-26(22)32-28(30-24)16(2)3/h6-7,10-11,14-17H,5,8-9,12-13H2,1-4H3,(H,30,32)(H,31,33). The highest BCUT2D eigenvalue weighted by Gasteiger charge is 2.24. The van der Waals surface area contributed by atoms with Gasteiger partial charge < -0.3 is 9.97 Å². The molecule has 0 saturated heterocycles. The van der Waals surface area contributed by atoms with Gasteiger partial charge >= 0.3 is 0 Å². The number of nitrogens with zero attached hydrogens (tertiary/aromatic N) is 2. The zero-order valence-corrected chi connectivity index (χ0v) is 20.0. The first-order chi connectivity index (χ1) is 16.0. The molecule has 6 rings (SSSR count). The second kappa shape index (κ2) is 7.72. The number of hydrogen-bond donors (Lipinski definition) is 2. The van der Waals surface area contributed by atoms with Crippen molar-refractivity contribution in [2.45, 2.75) is 71.6 Å². The van der Waals surface area contributed by atoms with Crippen molar-refractivity contribution in [1.82, 2.24) is 19.9 Å². The van der Waals surface area contributed by atoms with Crippen LogP contribution >= 0.6 is 0 Å². The summed E-state index contributed by atoms with van der Waals surface area (Å²) in [6.45, 7) is 8.87. The summed E-state index contributed by atoms with van der Waals surface area (Å²) in [6.07, 6.45) is 5.32. The van der Waals surface area contributed by atoms with Crippen molar-refractivity contribution < 1.29 is 0 Å². The molecule has 1 atom stereocenters. The Morgan fingerprint density at radius 2 is 1.24 bits per heavy atom. The van der Waals surface area contributed by atoms with Crippen molar-refractivity contribution in [3.8, 4) is 33.6 Å². The summed E-state index contributed by atoms with van der Waals surface area (Å²) in [6, 6.07) is 13.9. The van der Waals surface area contributed by atoms with E-state index in [1.54, 1.807) is 0 Å². The highest BCUT2D eigenvalue weighted by Crippen LogP contribution is 2.38. The Kier molecular flexibility index (Phi) is 4.79. The van der Waals surface area contributed by atoms with Gasteiger partial charge in [-0.25, -0.2) is 9.97 Å². The van der Waals surface area contributed by atoms with E-state index in [1.165, 1.54) is 44.8 Å². The normalized spacial score (nSPS) is 15.1. The molecule has 0 amide bonds. The quantitative estimate of drug-likeness (QED) is 0.363. The van der Waals surface area contributed by atoms with Crippen molar-refractivity contribution in [2.75, 3.05) is 0 Å². The number of aryl methyl sites for hydroxylation is 4. The summed E-state index contributed by atoms with van der Waals surface area (Å²) >= 11 is 0. The molecule has 2 aliphatic rings. The van der Waals surface area contributed by atoms with Gasteiger partial charge in [-0.3, -0.25) is 0 Å². The zero-order chi connectivity index (χ0) is 22.7. The fraction of sp³-hybridized carbons (Fsp3) is 0.379. The zero-order valence-electron chi connectivity index (χ0n) is 20.0. The van der Waals surface area contributed by atoms with Crippen LogP contribution in [0.25, 0.3) is 33.6 Å². The van der Waals surface area contributed by atoms with Gasteiger partial charge in [0, 0.05) is 34.4 Å². The Morgan fingerprint density at radius 1 is 0.727 bits per heavy atom. The van der Waals surface area contributed by atoms with Crippen LogP contribution < -0.4 is 0 Å². The topological polar surface area (TPSA) is 57.4 Å². The molecular weight excluding hydrogens is 404 g/mol. The second-order valence-corrected chi connectivity index (χ2v) is 10.1. The molecule has 2 aromatic heterocycles. The van der Waals surface area contributed by atoms with Crippen LogP contribution in [0, 0.1) is 0 Å². The SMILES string of the molecule is CCC(C)c1nc2c([nH]1)CCc1cc(-c3ccc4c(c3)CCc3[nH]c(C(C)C)nc3-4)ccc1-2. The minimum Gasteiger partial charge on any atom is -0.345 e. The van der Waals surface area contributed by atoms with E-state index < -0.39 is 0 Å². The van der Waals surface area contributed by atoms with E-state index in [0.29, 0.717) is 11.8 Å². The van der Waals surface area contributed by atoms with Crippen LogP contribution in [0.4, 0.5) is 0 Å². The van der Waals surface area contributed by atoms with Crippen molar-refractivity contribution >= 4 is 0 Å². The first-order valence-corrected chi connectivity index (χ1v) is 12.5. The fourth-order valence-electron chi connectivity index (χ4n) is 5.31. The van der Waals surface area contributed by atoms with E-state index in [0.717, 1.165) is 55.1 Å². The maximum Gasteiger partial charge on any atom is 0.109 e. The molecule has 0 bridgehead atoms. The van der Waals surface area contributed by atoms with E-state index in [2.05, 4.69) is 74.1 Å². The van der Waals surface area contributed by atoms with Crippen LogP contribution in [0.3, 0.4) is 0 Å². The van der Waals surface area contributed by atoms with E-state index in [1.807, 2.05) is 0 Å². The highest BCUT2D eigenvalue weighted by molar-refractivity contribution is 5.78. The average Bonchev–Trinajstić information content (AvgIpc) is 3.47. The van der Waals surface area contributed by atoms with E-state index >= 15 is 0 Å². The molecule has 2 N–H and O–H groups in total. The van der Waals surface area contributed by atoms with Gasteiger partial charge in [0.15, 0.2) is 0 Å². The van der Waals surface area contributed by atoms with Crippen molar-refractivity contribution in [3.05, 3.63) is 70.6 Å². The van der Waals surface area contributed by atoms with Gasteiger partial charge in [0.25, 0.3) is 0 Å². The molecule has 1 unspecified atom stereocenters. The Labute approximate surface area is 195 Å². The van der Waals surface area contributed by atoms with E-state index in [4.69, 9.17) is 9.97 Å². The fourth-order valence-corrected chi connectivity index (χ4v) is 5.31. The maximum atomic E-state index is 4.99. The van der Waals surface area contributed by atoms with Gasteiger partial charge in [0.1, 0.15) is 11.6 Å². The minimum atomic E-state index is 0.421. The van der Waals surface area contributed by atoms with Crippen molar-refractivity contribution in [1.29, 1.82) is 0 Å². The Hall–Kier alpha value is -3.14. The number of H-pyrrole nitrogens is 2. The number of imidazole rings is 2. The van der Waals surface area contributed by atoms with Crippen LogP contribution in [0.15, 0.2) is 36.4 Å². The third-order valence-corrected chi connectivity index (χ3v) is 7.56. The molecule has 33 heavy (non-hydrogen) atoms. The minimum absolute atomic E-state index is 0.421. The molecule has 0 radical (unpaired) electrons. The average molecular weight is 437 g/mol. The highest BCUT2D eigenvalue weighted by atomic mass is 15.0. The summed E-state index contributed by atoms with van der Waals surface area (Å²) in [4.78, 5) is 17.1. The van der Waals surface area contributed by atoms with Crippen LogP contribution in [0.2, 0.25) is 0 Å². The van der Waals surface area contributed by atoms with Gasteiger partial charge in [-0.15, -0.1) is 0 Å². The molecular formula is C29H32N4. The molecule has 2 aliphatic carbocycles. The third kappa shape index (κ3) is 3.35. The lowest BCUT2D eigenvalue weighted by atomic mass is 9.87. The lowest BCUT2D eigenvalue weighted by Gasteiger charge is -2.18. The molecule has 4 heteroatoms. The number of fused-ring (bicyclic) bond motifs is 6. The smallest absolute Gasteiger partial charge is 0.109 e. The monoisotopic (exact) mass is 436 g/mol. The number of hydrogen-bond acceptors (Lipinski definition) is 2. The molecule has 0 saturated carbocycles. The molecule has 2 heterocycles. The predicted molar refractivity (Wildman–Crippen MR) is 135 cm³/mol. The van der Waals surface area contributed by atoms with Gasteiger partial charge in [-0.2, -0.15) is 0 Å². The van der Waals surface area contributed by atoms with Crippen LogP contribution in [-0.2, 0) is 25.7 Å². The molecule has 4 aromatic rings. The first kappa shape index (κ1) is 20.5. The number of aromatic nitrogens is 4. The van der Waals surface area contributed by atoms with Crippen LogP contribution in [0.5, 0.6) is 0 Å². The lowest BCUT2D eigenvalue weighted by Crippen LogP contribution is -2.05. The Morgan fingerprint density at radius 3 is 1.76 bits per heavy atom. The third-order valence-electron chi connectivity index (χ3n) is 7.56. The number of nitrogens with one attached hydrogen (secondary N) is 2. The van der Waals surface area contributed by atoms with Gasteiger partial charge in [0.2, 0.25) is 0 Å². The molecule has 168 valence electrons. The maximum absolute atomic E-state index is 4.99. The summed E-state index contributed by atoms with van der Waals surface area (Å²) in [5, 5.41) is 0. The van der Waals surface area contributed by atoms with Crippen molar-refractivity contribution in [3.63, 3.8) is 0 Å². The Bertz CT molecular complexity index is 1350. The molecule has 4 nitrogen and oxygen atoms in total. The Balaban J connectivity index is 1.35. The molecule has 0 aliphatic heterocycles. The summed E-state index contributed by atoms with van der Waals surface area (Å²) in [7, 11) is 0. The largest absolute Gasteiger partial charge is 0.345 e. The first-order valence-electron chi connectivity index (χ1n) is 12.5. The van der Waals surface area contributed by atoms with E-state index in [9.17, 15) is 0 Å². The summed E-state index contributed by atoms with van der Waals surface area (Å²) in [5.74, 6) is 3.12. The summed E-state index contributed by atoms with van der Waals surface area (Å²) < 4.78 is 0. The predicted octanol–water partition coefficient (Wildman–Crippen LogP) is 6.97.